The standard InChI is InChI=1S/C5H7NO4/c6-3(7)5(4(8)9)1-10-2-5/h1-2H2,(H2,6,7)(H,8,9). The molecule has 1 aliphatic rings. The molecule has 0 radical (unpaired) electrons. The fourth-order valence-electron chi connectivity index (χ4n) is 0.677. The summed E-state index contributed by atoms with van der Waals surface area (Å²) in [7, 11) is 0. The predicted molar refractivity (Wildman–Crippen MR) is 30.1 cm³/mol. The average molecular weight is 145 g/mol. The third kappa shape index (κ3) is 0.672. The Balaban J connectivity index is 2.78. The Labute approximate surface area is 56.8 Å². The minimum atomic E-state index is -1.44. The molecule has 1 rings (SSSR count). The van der Waals surface area contributed by atoms with E-state index in [9.17, 15) is 9.59 Å². The van der Waals surface area contributed by atoms with Crippen molar-refractivity contribution in [3.8, 4) is 0 Å². The molecule has 0 aromatic rings. The molecule has 0 bridgehead atoms. The molecule has 1 amide bonds. The molecule has 0 aliphatic carbocycles. The number of primary amides is 1. The number of hydrogen-bond acceptors (Lipinski definition) is 3. The zero-order chi connectivity index (χ0) is 7.78. The van der Waals surface area contributed by atoms with E-state index in [-0.39, 0.29) is 13.2 Å². The van der Waals surface area contributed by atoms with Crippen LogP contribution in [-0.2, 0) is 14.3 Å². The number of amides is 1. The maximum atomic E-state index is 10.5. The third-order valence-electron chi connectivity index (χ3n) is 1.58. The van der Waals surface area contributed by atoms with Crippen LogP contribution in [-0.4, -0.2) is 30.2 Å². The first-order chi connectivity index (χ1) is 4.59. The number of carbonyl (C=O) groups excluding carboxylic acids is 1. The van der Waals surface area contributed by atoms with Crippen molar-refractivity contribution >= 4 is 11.9 Å². The van der Waals surface area contributed by atoms with E-state index in [1.807, 2.05) is 0 Å². The first-order valence-electron chi connectivity index (χ1n) is 2.70. The van der Waals surface area contributed by atoms with Crippen molar-refractivity contribution in [2.45, 2.75) is 0 Å². The van der Waals surface area contributed by atoms with E-state index in [0.29, 0.717) is 0 Å². The molecule has 0 saturated carbocycles. The van der Waals surface area contributed by atoms with Crippen molar-refractivity contribution in [1.82, 2.24) is 0 Å². The predicted octanol–water partition coefficient (Wildman–Crippen LogP) is -1.43. The Kier molecular flexibility index (Phi) is 1.37. The van der Waals surface area contributed by atoms with E-state index in [2.05, 4.69) is 4.74 Å². The van der Waals surface area contributed by atoms with Crippen LogP contribution in [0.15, 0.2) is 0 Å². The highest BCUT2D eigenvalue weighted by molar-refractivity contribution is 6.02. The van der Waals surface area contributed by atoms with Crippen LogP contribution in [0.1, 0.15) is 0 Å². The summed E-state index contributed by atoms with van der Waals surface area (Å²) < 4.78 is 4.58. The first kappa shape index (κ1) is 7.01. The zero-order valence-electron chi connectivity index (χ0n) is 5.16. The highest BCUT2D eigenvalue weighted by atomic mass is 16.5. The number of carboxylic acid groups (broad SMARTS) is 1. The van der Waals surface area contributed by atoms with E-state index in [0.717, 1.165) is 0 Å². The van der Waals surface area contributed by atoms with Crippen LogP contribution < -0.4 is 5.73 Å². The van der Waals surface area contributed by atoms with Crippen molar-refractivity contribution < 1.29 is 19.4 Å². The first-order valence-corrected chi connectivity index (χ1v) is 2.70. The van der Waals surface area contributed by atoms with E-state index in [1.165, 1.54) is 0 Å². The molecule has 0 aromatic heterocycles. The largest absolute Gasteiger partial charge is 0.480 e. The summed E-state index contributed by atoms with van der Waals surface area (Å²) in [5.74, 6) is -2.03. The Morgan fingerprint density at radius 2 is 2.00 bits per heavy atom. The van der Waals surface area contributed by atoms with Gasteiger partial charge in [0.25, 0.3) is 0 Å². The summed E-state index contributed by atoms with van der Waals surface area (Å²) in [6, 6.07) is 0. The fourth-order valence-corrected chi connectivity index (χ4v) is 0.677. The fraction of sp³-hybridized carbons (Fsp3) is 0.600. The van der Waals surface area contributed by atoms with E-state index < -0.39 is 17.3 Å². The van der Waals surface area contributed by atoms with Gasteiger partial charge in [0.15, 0.2) is 5.41 Å². The number of aliphatic carboxylic acids is 1. The van der Waals surface area contributed by atoms with Crippen LogP contribution in [0.5, 0.6) is 0 Å². The smallest absolute Gasteiger partial charge is 0.324 e. The van der Waals surface area contributed by atoms with Gasteiger partial charge >= 0.3 is 5.97 Å². The van der Waals surface area contributed by atoms with Crippen molar-refractivity contribution in [1.29, 1.82) is 0 Å². The SMILES string of the molecule is NC(=O)C1(C(=O)O)COC1. The molecule has 1 saturated heterocycles. The van der Waals surface area contributed by atoms with Gasteiger partial charge in [-0.05, 0) is 0 Å². The molecule has 5 heteroatoms. The van der Waals surface area contributed by atoms with Gasteiger partial charge in [-0.3, -0.25) is 9.59 Å². The summed E-state index contributed by atoms with van der Waals surface area (Å²) >= 11 is 0. The molecule has 0 aromatic carbocycles. The number of carboxylic acids is 1. The molecule has 0 unspecified atom stereocenters. The molecule has 0 atom stereocenters. The average Bonchev–Trinajstić information content (AvgIpc) is 1.57. The lowest BCUT2D eigenvalue weighted by molar-refractivity contribution is -0.183. The molecular weight excluding hydrogens is 138 g/mol. The second kappa shape index (κ2) is 1.95. The van der Waals surface area contributed by atoms with Gasteiger partial charge in [-0.2, -0.15) is 0 Å². The summed E-state index contributed by atoms with van der Waals surface area (Å²) in [6.07, 6.45) is 0. The quantitative estimate of drug-likeness (QED) is 0.466. The maximum Gasteiger partial charge on any atom is 0.324 e. The summed E-state index contributed by atoms with van der Waals surface area (Å²) in [6.45, 7) is -0.199. The third-order valence-corrected chi connectivity index (χ3v) is 1.58. The number of rotatable bonds is 2. The molecule has 1 fully saturated rings. The van der Waals surface area contributed by atoms with E-state index in [4.69, 9.17) is 10.8 Å². The second-order valence-corrected chi connectivity index (χ2v) is 2.24. The van der Waals surface area contributed by atoms with Crippen LogP contribution in [0.25, 0.3) is 0 Å². The normalized spacial score (nSPS) is 21.2. The van der Waals surface area contributed by atoms with Crippen LogP contribution in [0.2, 0.25) is 0 Å². The maximum absolute atomic E-state index is 10.5. The molecule has 10 heavy (non-hydrogen) atoms. The van der Waals surface area contributed by atoms with Crippen molar-refractivity contribution in [3.63, 3.8) is 0 Å². The molecule has 1 aliphatic heterocycles. The van der Waals surface area contributed by atoms with Gasteiger partial charge in [0.05, 0.1) is 13.2 Å². The lowest BCUT2D eigenvalue weighted by atomic mass is 9.85. The van der Waals surface area contributed by atoms with Crippen LogP contribution >= 0.6 is 0 Å². The highest BCUT2D eigenvalue weighted by Crippen LogP contribution is 2.26. The van der Waals surface area contributed by atoms with Crippen LogP contribution in [0, 0.1) is 5.41 Å². The number of nitrogens with two attached hydrogens (primary N) is 1. The van der Waals surface area contributed by atoms with Crippen molar-refractivity contribution in [3.05, 3.63) is 0 Å². The number of ether oxygens (including phenoxy) is 1. The van der Waals surface area contributed by atoms with Gasteiger partial charge in [0.2, 0.25) is 5.91 Å². The number of hydrogen-bond donors (Lipinski definition) is 2. The summed E-state index contributed by atoms with van der Waals surface area (Å²) in [4.78, 5) is 20.9. The minimum Gasteiger partial charge on any atom is -0.480 e. The highest BCUT2D eigenvalue weighted by Gasteiger charge is 2.51. The van der Waals surface area contributed by atoms with Gasteiger partial charge in [-0.25, -0.2) is 0 Å². The molecule has 0 spiro atoms. The molecule has 3 N–H and O–H groups in total. The molecule has 1 heterocycles. The lowest BCUT2D eigenvalue weighted by Crippen LogP contribution is -2.57. The molecule has 5 nitrogen and oxygen atoms in total. The summed E-state index contributed by atoms with van der Waals surface area (Å²) in [5, 5.41) is 8.47. The molecule has 56 valence electrons. The lowest BCUT2D eigenvalue weighted by Gasteiger charge is -2.33. The van der Waals surface area contributed by atoms with Gasteiger partial charge < -0.3 is 15.6 Å². The van der Waals surface area contributed by atoms with Crippen LogP contribution in [0.3, 0.4) is 0 Å². The second-order valence-electron chi connectivity index (χ2n) is 2.24. The van der Waals surface area contributed by atoms with Crippen LogP contribution in [0.4, 0.5) is 0 Å². The van der Waals surface area contributed by atoms with Gasteiger partial charge in [-0.15, -0.1) is 0 Å². The Bertz CT molecular complexity index is 168. The Morgan fingerprint density at radius 1 is 1.50 bits per heavy atom. The van der Waals surface area contributed by atoms with Crippen molar-refractivity contribution in [2.75, 3.05) is 13.2 Å². The Hall–Kier alpha value is -1.10. The van der Waals surface area contributed by atoms with Gasteiger partial charge in [-0.1, -0.05) is 0 Å². The molecular formula is C5H7NO4. The topological polar surface area (TPSA) is 89.6 Å². The Morgan fingerprint density at radius 3 is 2.00 bits per heavy atom. The van der Waals surface area contributed by atoms with Crippen molar-refractivity contribution in [2.24, 2.45) is 11.1 Å². The monoisotopic (exact) mass is 145 g/mol. The summed E-state index contributed by atoms with van der Waals surface area (Å²) in [5.41, 5.74) is 3.39. The number of carbonyl (C=O) groups is 2. The van der Waals surface area contributed by atoms with Gasteiger partial charge in [0.1, 0.15) is 0 Å². The zero-order valence-corrected chi connectivity index (χ0v) is 5.16. The minimum absolute atomic E-state index is 0.0995. The van der Waals surface area contributed by atoms with Gasteiger partial charge in [0, 0.05) is 0 Å². The van der Waals surface area contributed by atoms with E-state index >= 15 is 0 Å². The van der Waals surface area contributed by atoms with E-state index in [1.54, 1.807) is 0 Å².